The number of nitrogens with zero attached hydrogens (tertiary/aromatic N) is 3. The van der Waals surface area contributed by atoms with Crippen LogP contribution in [0.25, 0.3) is 5.57 Å². The molecule has 1 heterocycles. The predicted octanol–water partition coefficient (Wildman–Crippen LogP) is 3.46. The van der Waals surface area contributed by atoms with Crippen molar-refractivity contribution in [1.82, 2.24) is 13.6 Å². The van der Waals surface area contributed by atoms with Crippen LogP contribution in [0.3, 0.4) is 0 Å². The molecule has 1 aromatic rings. The van der Waals surface area contributed by atoms with Crippen LogP contribution in [-0.2, 0) is 0 Å². The Morgan fingerprint density at radius 3 is 2.68 bits per heavy atom. The molecule has 0 bridgehead atoms. The van der Waals surface area contributed by atoms with Crippen LogP contribution in [0.4, 0.5) is 0 Å². The van der Waals surface area contributed by atoms with E-state index in [1.807, 2.05) is 6.92 Å². The average Bonchev–Trinajstić information content (AvgIpc) is 2.83. The molecule has 108 valence electrons. The van der Waals surface area contributed by atoms with Gasteiger partial charge in [-0.3, -0.25) is 0 Å². The first-order valence-corrected chi connectivity index (χ1v) is 7.67. The van der Waals surface area contributed by atoms with E-state index in [0.29, 0.717) is 5.88 Å². The quantitative estimate of drug-likeness (QED) is 0.651. The number of hydrogen-bond donors (Lipinski definition) is 0. The minimum absolute atomic E-state index is 0.691. The first-order valence-electron chi connectivity index (χ1n) is 6.94. The van der Waals surface area contributed by atoms with Gasteiger partial charge in [-0.15, -0.1) is 4.37 Å². The highest BCUT2D eigenvalue weighted by Crippen LogP contribution is 2.24. The van der Waals surface area contributed by atoms with Gasteiger partial charge in [0.25, 0.3) is 5.88 Å². The van der Waals surface area contributed by atoms with Crippen LogP contribution in [0, 0.1) is 0 Å². The first kappa shape index (κ1) is 16.1. The van der Waals surface area contributed by atoms with Gasteiger partial charge in [0.05, 0.1) is 18.3 Å². The second kappa shape index (κ2) is 9.04. The summed E-state index contributed by atoms with van der Waals surface area (Å²) in [7, 11) is 4.10. The highest BCUT2D eigenvalue weighted by atomic mass is 32.1. The minimum atomic E-state index is 0.691. The second-order valence-corrected chi connectivity index (χ2v) is 5.41. The fourth-order valence-corrected chi connectivity index (χ4v) is 2.34. The highest BCUT2D eigenvalue weighted by Gasteiger charge is 2.14. The number of likely N-dealkylation sites (N-methyl/N-ethyl adjacent to an activating group) is 1. The number of hydrogen-bond acceptors (Lipinski definition) is 5. The summed E-state index contributed by atoms with van der Waals surface area (Å²) >= 11 is 1.22. The van der Waals surface area contributed by atoms with Gasteiger partial charge in [-0.25, -0.2) is 0 Å². The summed E-state index contributed by atoms with van der Waals surface area (Å²) in [6.45, 7) is 5.83. The van der Waals surface area contributed by atoms with Crippen LogP contribution in [0.5, 0.6) is 5.88 Å². The monoisotopic (exact) mass is 283 g/mol. The molecule has 0 unspecified atom stereocenters. The van der Waals surface area contributed by atoms with Gasteiger partial charge in [-0.05, 0) is 33.0 Å². The largest absolute Gasteiger partial charge is 0.475 e. The minimum Gasteiger partial charge on any atom is -0.475 e. The van der Waals surface area contributed by atoms with Crippen molar-refractivity contribution in [3.05, 3.63) is 11.8 Å². The maximum atomic E-state index is 5.77. The lowest BCUT2D eigenvalue weighted by Crippen LogP contribution is -2.15. The summed E-state index contributed by atoms with van der Waals surface area (Å²) in [5.41, 5.74) is 2.07. The van der Waals surface area contributed by atoms with Gasteiger partial charge in [0.1, 0.15) is 5.69 Å². The molecule has 0 radical (unpaired) electrons. The fourth-order valence-electron chi connectivity index (χ4n) is 1.81. The smallest absolute Gasteiger partial charge is 0.253 e. The van der Waals surface area contributed by atoms with Crippen LogP contribution in [0.1, 0.15) is 45.2 Å². The summed E-state index contributed by atoms with van der Waals surface area (Å²) in [6, 6.07) is 0. The summed E-state index contributed by atoms with van der Waals surface area (Å²) in [4.78, 5) is 2.12. The molecule has 19 heavy (non-hydrogen) atoms. The van der Waals surface area contributed by atoms with Gasteiger partial charge in [-0.2, -0.15) is 4.37 Å². The number of rotatable bonds is 9. The van der Waals surface area contributed by atoms with E-state index in [9.17, 15) is 0 Å². The topological polar surface area (TPSA) is 38.2 Å². The van der Waals surface area contributed by atoms with Gasteiger partial charge in [0.2, 0.25) is 0 Å². The Kier molecular flexibility index (Phi) is 7.67. The molecular weight excluding hydrogens is 258 g/mol. The summed E-state index contributed by atoms with van der Waals surface area (Å²) in [5.74, 6) is 0.691. The van der Waals surface area contributed by atoms with Crippen LogP contribution in [-0.4, -0.2) is 40.9 Å². The van der Waals surface area contributed by atoms with Crippen molar-refractivity contribution in [3.8, 4) is 5.88 Å². The van der Waals surface area contributed by atoms with Crippen molar-refractivity contribution >= 4 is 17.3 Å². The van der Waals surface area contributed by atoms with E-state index in [1.165, 1.54) is 36.6 Å². The Bertz CT molecular complexity index is 388. The number of allylic oxidation sites excluding steroid dienone is 1. The Labute approximate surface area is 120 Å². The van der Waals surface area contributed by atoms with Crippen LogP contribution in [0.15, 0.2) is 6.08 Å². The van der Waals surface area contributed by atoms with Gasteiger partial charge in [0.15, 0.2) is 0 Å². The van der Waals surface area contributed by atoms with Crippen LogP contribution in [0.2, 0.25) is 0 Å². The molecular formula is C14H25N3OS. The Balaban J connectivity index is 2.54. The summed E-state index contributed by atoms with van der Waals surface area (Å²) in [6.07, 6.45) is 6.91. The van der Waals surface area contributed by atoms with Crippen molar-refractivity contribution in [2.24, 2.45) is 0 Å². The normalized spacial score (nSPS) is 12.2. The SMILES string of the molecule is C/C=C(\CN(C)C)c1nsnc1OCCCCCC. The zero-order valence-corrected chi connectivity index (χ0v) is 13.3. The molecule has 0 aliphatic carbocycles. The van der Waals surface area contributed by atoms with Gasteiger partial charge >= 0.3 is 0 Å². The maximum absolute atomic E-state index is 5.77. The van der Waals surface area contributed by atoms with Crippen molar-refractivity contribution in [3.63, 3.8) is 0 Å². The third-order valence-corrected chi connectivity index (χ3v) is 3.35. The van der Waals surface area contributed by atoms with Crippen molar-refractivity contribution in [2.45, 2.75) is 39.5 Å². The van der Waals surface area contributed by atoms with E-state index in [4.69, 9.17) is 4.74 Å². The Hall–Kier alpha value is -0.940. The van der Waals surface area contributed by atoms with E-state index < -0.39 is 0 Å². The lowest BCUT2D eigenvalue weighted by molar-refractivity contribution is 0.295. The lowest BCUT2D eigenvalue weighted by atomic mass is 10.2. The molecule has 0 N–H and O–H groups in total. The van der Waals surface area contributed by atoms with Crippen LogP contribution < -0.4 is 4.74 Å². The number of aromatic nitrogens is 2. The molecule has 0 atom stereocenters. The zero-order valence-electron chi connectivity index (χ0n) is 12.5. The van der Waals surface area contributed by atoms with Crippen molar-refractivity contribution in [1.29, 1.82) is 0 Å². The van der Waals surface area contributed by atoms with E-state index >= 15 is 0 Å². The van der Waals surface area contributed by atoms with E-state index in [-0.39, 0.29) is 0 Å². The molecule has 4 nitrogen and oxygen atoms in total. The Morgan fingerprint density at radius 2 is 2.05 bits per heavy atom. The van der Waals surface area contributed by atoms with Gasteiger partial charge < -0.3 is 9.64 Å². The zero-order chi connectivity index (χ0) is 14.1. The van der Waals surface area contributed by atoms with Gasteiger partial charge in [-0.1, -0.05) is 32.3 Å². The first-order chi connectivity index (χ1) is 9.19. The molecule has 0 saturated carbocycles. The molecule has 0 aliphatic rings. The molecule has 0 aromatic carbocycles. The van der Waals surface area contributed by atoms with Crippen LogP contribution >= 0.6 is 11.7 Å². The van der Waals surface area contributed by atoms with E-state index in [0.717, 1.165) is 25.3 Å². The van der Waals surface area contributed by atoms with E-state index in [2.05, 4.69) is 40.7 Å². The van der Waals surface area contributed by atoms with Crippen molar-refractivity contribution < 1.29 is 4.74 Å². The average molecular weight is 283 g/mol. The standard InChI is InChI=1S/C14H25N3OS/c1-5-7-8-9-10-18-14-13(15-19-16-14)12(6-2)11-17(3)4/h6H,5,7-11H2,1-4H3/b12-6+. The number of unbranched alkanes of at least 4 members (excludes halogenated alkanes) is 3. The predicted molar refractivity (Wildman–Crippen MR) is 81.8 cm³/mol. The number of ether oxygens (including phenoxy) is 1. The fraction of sp³-hybridized carbons (Fsp3) is 0.714. The summed E-state index contributed by atoms with van der Waals surface area (Å²) < 4.78 is 14.4. The third kappa shape index (κ3) is 5.70. The molecule has 0 spiro atoms. The van der Waals surface area contributed by atoms with Gasteiger partial charge in [0, 0.05) is 6.54 Å². The molecule has 0 aliphatic heterocycles. The molecule has 1 rings (SSSR count). The maximum Gasteiger partial charge on any atom is 0.253 e. The Morgan fingerprint density at radius 1 is 1.26 bits per heavy atom. The highest BCUT2D eigenvalue weighted by molar-refractivity contribution is 6.99. The molecule has 0 saturated heterocycles. The third-order valence-electron chi connectivity index (χ3n) is 2.83. The lowest BCUT2D eigenvalue weighted by Gasteiger charge is -2.12. The molecule has 5 heteroatoms. The van der Waals surface area contributed by atoms with Crippen molar-refractivity contribution in [2.75, 3.05) is 27.2 Å². The molecule has 0 fully saturated rings. The summed E-state index contributed by atoms with van der Waals surface area (Å²) in [5, 5.41) is 0. The molecule has 1 aromatic heterocycles. The second-order valence-electron chi connectivity index (χ2n) is 4.88. The van der Waals surface area contributed by atoms with E-state index in [1.54, 1.807) is 0 Å². The molecule has 0 amide bonds.